The largest absolute Gasteiger partial charge is 0.423 e. The Labute approximate surface area is 145 Å². The summed E-state index contributed by atoms with van der Waals surface area (Å²) in [6, 6.07) is 6.09. The van der Waals surface area contributed by atoms with Crippen LogP contribution in [0.5, 0.6) is 5.75 Å². The number of amides is 1. The van der Waals surface area contributed by atoms with E-state index in [1.807, 2.05) is 13.8 Å². The summed E-state index contributed by atoms with van der Waals surface area (Å²) < 4.78 is 10.4. The molecule has 1 amide bonds. The quantitative estimate of drug-likeness (QED) is 0.390. The van der Waals surface area contributed by atoms with Gasteiger partial charge in [-0.2, -0.15) is 0 Å². The molecule has 25 heavy (non-hydrogen) atoms. The van der Waals surface area contributed by atoms with Crippen LogP contribution in [0.4, 0.5) is 0 Å². The first-order chi connectivity index (χ1) is 11.8. The van der Waals surface area contributed by atoms with Crippen LogP contribution in [0.15, 0.2) is 45.1 Å². The Morgan fingerprint density at radius 2 is 2.00 bits per heavy atom. The van der Waals surface area contributed by atoms with Gasteiger partial charge in [0.15, 0.2) is 0 Å². The molecule has 0 aliphatic carbocycles. The number of rotatable bonds is 5. The number of fused-ring (bicyclic) bond motifs is 1. The van der Waals surface area contributed by atoms with E-state index in [0.29, 0.717) is 5.39 Å². The highest BCUT2D eigenvalue weighted by Gasteiger charge is 2.15. The second-order valence-electron chi connectivity index (χ2n) is 6.07. The molecule has 1 aromatic carbocycles. The summed E-state index contributed by atoms with van der Waals surface area (Å²) in [5.41, 5.74) is 0.269. The van der Waals surface area contributed by atoms with Crippen molar-refractivity contribution in [3.8, 4) is 5.75 Å². The monoisotopic (exact) mass is 343 g/mol. The lowest BCUT2D eigenvalue weighted by Gasteiger charge is -2.11. The molecule has 6 nitrogen and oxygen atoms in total. The second-order valence-corrected chi connectivity index (χ2v) is 6.07. The van der Waals surface area contributed by atoms with Crippen LogP contribution in [0.3, 0.4) is 0 Å². The minimum Gasteiger partial charge on any atom is -0.423 e. The molecule has 0 fully saturated rings. The SMILES string of the molecule is CCC(C)NC(=O)c1cc2ccc(OC(=O)C=C(C)C)cc2oc1=O. The Hall–Kier alpha value is -2.89. The van der Waals surface area contributed by atoms with Gasteiger partial charge in [0.2, 0.25) is 0 Å². The third kappa shape index (κ3) is 4.79. The Kier molecular flexibility index (Phi) is 5.75. The van der Waals surface area contributed by atoms with E-state index in [0.717, 1.165) is 12.0 Å². The maximum absolute atomic E-state index is 12.1. The highest BCUT2D eigenvalue weighted by Crippen LogP contribution is 2.21. The number of hydrogen-bond acceptors (Lipinski definition) is 5. The van der Waals surface area contributed by atoms with Gasteiger partial charge in [0.25, 0.3) is 5.91 Å². The molecule has 0 saturated heterocycles. The number of esters is 1. The molecule has 1 heterocycles. The molecular formula is C19H21NO5. The third-order valence-electron chi connectivity index (χ3n) is 3.57. The van der Waals surface area contributed by atoms with Crippen molar-refractivity contribution >= 4 is 22.8 Å². The van der Waals surface area contributed by atoms with E-state index in [1.165, 1.54) is 18.2 Å². The van der Waals surface area contributed by atoms with Crippen molar-refractivity contribution in [3.63, 3.8) is 0 Å². The lowest BCUT2D eigenvalue weighted by Crippen LogP contribution is -2.34. The molecule has 0 bridgehead atoms. The van der Waals surface area contributed by atoms with E-state index in [2.05, 4.69) is 5.32 Å². The molecule has 132 valence electrons. The van der Waals surface area contributed by atoms with Crippen LogP contribution < -0.4 is 15.7 Å². The normalized spacial score (nSPS) is 11.7. The summed E-state index contributed by atoms with van der Waals surface area (Å²) in [6.07, 6.45) is 2.12. The lowest BCUT2D eigenvalue weighted by molar-refractivity contribution is -0.129. The lowest BCUT2D eigenvalue weighted by atomic mass is 10.1. The molecule has 1 unspecified atom stereocenters. The molecule has 0 saturated carbocycles. The second kappa shape index (κ2) is 7.79. The first kappa shape index (κ1) is 18.4. The third-order valence-corrected chi connectivity index (χ3v) is 3.57. The van der Waals surface area contributed by atoms with Crippen molar-refractivity contribution in [3.05, 3.63) is 51.9 Å². The van der Waals surface area contributed by atoms with Crippen molar-refractivity contribution in [2.45, 2.75) is 40.2 Å². The molecule has 0 aliphatic heterocycles. The number of hydrogen-bond donors (Lipinski definition) is 1. The molecule has 1 atom stereocenters. The number of nitrogens with one attached hydrogen (secondary N) is 1. The van der Waals surface area contributed by atoms with Crippen molar-refractivity contribution in [1.29, 1.82) is 0 Å². The van der Waals surface area contributed by atoms with Gasteiger partial charge < -0.3 is 14.5 Å². The average Bonchev–Trinajstić information content (AvgIpc) is 2.52. The Morgan fingerprint density at radius 1 is 1.28 bits per heavy atom. The van der Waals surface area contributed by atoms with Gasteiger partial charge in [0.1, 0.15) is 16.9 Å². The first-order valence-corrected chi connectivity index (χ1v) is 8.05. The van der Waals surface area contributed by atoms with Gasteiger partial charge in [0.05, 0.1) is 0 Å². The smallest absolute Gasteiger partial charge is 0.349 e. The Morgan fingerprint density at radius 3 is 2.64 bits per heavy atom. The molecule has 0 radical (unpaired) electrons. The highest BCUT2D eigenvalue weighted by atomic mass is 16.5. The van der Waals surface area contributed by atoms with Gasteiger partial charge in [-0.25, -0.2) is 9.59 Å². The Balaban J connectivity index is 2.32. The summed E-state index contributed by atoms with van der Waals surface area (Å²) in [6.45, 7) is 7.36. The van der Waals surface area contributed by atoms with Crippen LogP contribution in [-0.4, -0.2) is 17.9 Å². The van der Waals surface area contributed by atoms with Gasteiger partial charge in [-0.1, -0.05) is 12.5 Å². The zero-order chi connectivity index (χ0) is 18.6. The predicted molar refractivity (Wildman–Crippen MR) is 94.8 cm³/mol. The molecule has 1 aromatic heterocycles. The number of ether oxygens (including phenoxy) is 1. The van der Waals surface area contributed by atoms with Gasteiger partial charge in [0, 0.05) is 23.6 Å². The van der Waals surface area contributed by atoms with Crippen molar-refractivity contribution in [2.24, 2.45) is 0 Å². The van der Waals surface area contributed by atoms with Crippen LogP contribution in [0.25, 0.3) is 11.0 Å². The minimum atomic E-state index is -0.735. The van der Waals surface area contributed by atoms with E-state index < -0.39 is 17.5 Å². The molecule has 2 rings (SSSR count). The Bertz CT molecular complexity index is 890. The molecule has 1 N–H and O–H groups in total. The summed E-state index contributed by atoms with van der Waals surface area (Å²) in [4.78, 5) is 35.9. The van der Waals surface area contributed by atoms with E-state index in [9.17, 15) is 14.4 Å². The maximum Gasteiger partial charge on any atom is 0.349 e. The van der Waals surface area contributed by atoms with E-state index in [1.54, 1.807) is 26.0 Å². The zero-order valence-corrected chi connectivity index (χ0v) is 14.7. The fourth-order valence-electron chi connectivity index (χ4n) is 2.10. The van der Waals surface area contributed by atoms with Crippen molar-refractivity contribution in [1.82, 2.24) is 5.32 Å². The number of carbonyl (C=O) groups excluding carboxylic acids is 2. The van der Waals surface area contributed by atoms with E-state index in [-0.39, 0.29) is 22.9 Å². The van der Waals surface area contributed by atoms with Gasteiger partial charge in [-0.05, 0) is 45.4 Å². The van der Waals surface area contributed by atoms with Crippen LogP contribution in [0.1, 0.15) is 44.5 Å². The van der Waals surface area contributed by atoms with Crippen LogP contribution in [0.2, 0.25) is 0 Å². The molecule has 2 aromatic rings. The number of carbonyl (C=O) groups is 2. The first-order valence-electron chi connectivity index (χ1n) is 8.05. The topological polar surface area (TPSA) is 85.6 Å². The maximum atomic E-state index is 12.1. The summed E-state index contributed by atoms with van der Waals surface area (Å²) in [7, 11) is 0. The van der Waals surface area contributed by atoms with Crippen LogP contribution in [0, 0.1) is 0 Å². The zero-order valence-electron chi connectivity index (χ0n) is 14.7. The van der Waals surface area contributed by atoms with Gasteiger partial charge in [-0.15, -0.1) is 0 Å². The summed E-state index contributed by atoms with van der Waals surface area (Å²) in [5, 5.41) is 3.30. The number of allylic oxidation sites excluding steroid dienone is 1. The summed E-state index contributed by atoms with van der Waals surface area (Å²) >= 11 is 0. The summed E-state index contributed by atoms with van der Waals surface area (Å²) in [5.74, 6) is -0.717. The molecule has 0 aliphatic rings. The predicted octanol–water partition coefficient (Wildman–Crippen LogP) is 3.19. The van der Waals surface area contributed by atoms with Crippen molar-refractivity contribution in [2.75, 3.05) is 0 Å². The standard InChI is InChI=1S/C19H21NO5/c1-5-12(4)20-18(22)15-9-13-6-7-14(10-16(13)25-19(15)23)24-17(21)8-11(2)3/h6-10,12H,5H2,1-4H3,(H,20,22). The van der Waals surface area contributed by atoms with Crippen LogP contribution >= 0.6 is 0 Å². The fourth-order valence-corrected chi connectivity index (χ4v) is 2.10. The van der Waals surface area contributed by atoms with Gasteiger partial charge in [-0.3, -0.25) is 4.79 Å². The average molecular weight is 343 g/mol. The van der Waals surface area contributed by atoms with Crippen molar-refractivity contribution < 1.29 is 18.7 Å². The van der Waals surface area contributed by atoms with Gasteiger partial charge >= 0.3 is 11.6 Å². The highest BCUT2D eigenvalue weighted by molar-refractivity contribution is 5.97. The fraction of sp³-hybridized carbons (Fsp3) is 0.316. The number of benzene rings is 1. The van der Waals surface area contributed by atoms with E-state index >= 15 is 0 Å². The van der Waals surface area contributed by atoms with E-state index in [4.69, 9.17) is 9.15 Å². The molecule has 6 heteroatoms. The molecular weight excluding hydrogens is 322 g/mol. The molecule has 0 spiro atoms. The minimum absolute atomic E-state index is 0.0422. The van der Waals surface area contributed by atoms with Crippen LogP contribution in [-0.2, 0) is 4.79 Å².